The lowest BCUT2D eigenvalue weighted by atomic mass is 9.83. The first-order valence-electron chi connectivity index (χ1n) is 13.1. The van der Waals surface area contributed by atoms with Crippen LogP contribution in [0.1, 0.15) is 39.4 Å². The quantitative estimate of drug-likeness (QED) is 0.442. The Bertz CT molecular complexity index is 1500. The molecule has 0 radical (unpaired) electrons. The fraction of sp³-hybridized carbons (Fsp3) is 0.414. The average molecular weight is 567 g/mol. The summed E-state index contributed by atoms with van der Waals surface area (Å²) in [6.45, 7) is 6.79. The predicted octanol–water partition coefficient (Wildman–Crippen LogP) is 4.25. The van der Waals surface area contributed by atoms with Gasteiger partial charge in [-0.3, -0.25) is 14.4 Å². The number of nitriles is 1. The number of piperazine rings is 1. The normalized spacial score (nSPS) is 18.1. The first kappa shape index (κ1) is 27.9. The molecule has 4 heterocycles. The molecule has 0 spiro atoms. The minimum absolute atomic E-state index is 0.00217. The van der Waals surface area contributed by atoms with Crippen LogP contribution in [0.3, 0.4) is 0 Å². The lowest BCUT2D eigenvalue weighted by Crippen LogP contribution is -2.44. The topological polar surface area (TPSA) is 68.4 Å². The number of nitrogens with zero attached hydrogens (tertiary/aromatic N) is 6. The lowest BCUT2D eigenvalue weighted by molar-refractivity contribution is -0.141. The number of hydrogen-bond acceptors (Lipinski definition) is 6. The number of carbonyl (C=O) groups is 1. The molecule has 1 atom stereocenters. The van der Waals surface area contributed by atoms with Crippen molar-refractivity contribution >= 4 is 17.2 Å². The van der Waals surface area contributed by atoms with Crippen LogP contribution in [0, 0.1) is 23.2 Å². The summed E-state index contributed by atoms with van der Waals surface area (Å²) >= 11 is 1.31. The molecule has 3 aromatic rings. The van der Waals surface area contributed by atoms with Gasteiger partial charge < -0.3 is 9.80 Å². The molecule has 7 nitrogen and oxygen atoms in total. The molecule has 2 aliphatic heterocycles. The van der Waals surface area contributed by atoms with E-state index < -0.39 is 17.8 Å². The number of aromatic nitrogens is 2. The largest absolute Gasteiger partial charge is 0.435 e. The van der Waals surface area contributed by atoms with Gasteiger partial charge >= 0.3 is 6.18 Å². The molecule has 11 heteroatoms. The minimum atomic E-state index is -4.63. The van der Waals surface area contributed by atoms with Crippen LogP contribution in [0.15, 0.2) is 36.5 Å². The van der Waals surface area contributed by atoms with E-state index in [9.17, 15) is 23.2 Å². The van der Waals surface area contributed by atoms with Crippen molar-refractivity contribution in [2.45, 2.75) is 32.1 Å². The zero-order valence-electron chi connectivity index (χ0n) is 22.3. The van der Waals surface area contributed by atoms with E-state index in [4.69, 9.17) is 0 Å². The number of alkyl halides is 3. The van der Waals surface area contributed by atoms with Crippen molar-refractivity contribution in [1.29, 1.82) is 5.26 Å². The van der Waals surface area contributed by atoms with Crippen LogP contribution < -0.4 is 0 Å². The molecule has 2 aromatic heterocycles. The molecule has 1 aromatic carbocycles. The van der Waals surface area contributed by atoms with Gasteiger partial charge in [0, 0.05) is 61.8 Å². The highest BCUT2D eigenvalue weighted by Gasteiger charge is 2.39. The highest BCUT2D eigenvalue weighted by Crippen LogP contribution is 2.44. The number of rotatable bonds is 4. The third-order valence-corrected chi connectivity index (χ3v) is 8.47. The summed E-state index contributed by atoms with van der Waals surface area (Å²) in [5.74, 6) is 5.04. The summed E-state index contributed by atoms with van der Waals surface area (Å²) in [4.78, 5) is 20.7. The van der Waals surface area contributed by atoms with Crippen molar-refractivity contribution in [3.63, 3.8) is 0 Å². The Labute approximate surface area is 235 Å². The van der Waals surface area contributed by atoms with Gasteiger partial charge in [0.1, 0.15) is 10.9 Å². The summed E-state index contributed by atoms with van der Waals surface area (Å²) in [6.07, 6.45) is -3.20. The van der Waals surface area contributed by atoms with E-state index in [0.717, 1.165) is 36.6 Å². The Kier molecular flexibility index (Phi) is 7.99. The first-order chi connectivity index (χ1) is 19.2. The lowest BCUT2D eigenvalue weighted by Gasteiger charge is -2.33. The summed E-state index contributed by atoms with van der Waals surface area (Å²) in [5.41, 5.74) is 0.974. The van der Waals surface area contributed by atoms with Crippen molar-refractivity contribution in [1.82, 2.24) is 24.5 Å². The number of likely N-dealkylation sites (N-methyl/N-ethyl adjacent to an activating group) is 1. The number of halogens is 3. The maximum Gasteiger partial charge on any atom is 0.435 e. The van der Waals surface area contributed by atoms with Crippen molar-refractivity contribution in [2.75, 3.05) is 46.3 Å². The zero-order valence-corrected chi connectivity index (χ0v) is 23.1. The van der Waals surface area contributed by atoms with Gasteiger partial charge in [0.15, 0.2) is 5.69 Å². The Morgan fingerprint density at radius 2 is 1.90 bits per heavy atom. The number of thiophene rings is 1. The number of benzene rings is 1. The molecule has 40 heavy (non-hydrogen) atoms. The maximum absolute atomic E-state index is 14.0. The molecular formula is C29H29F3N6OS. The van der Waals surface area contributed by atoms with E-state index in [1.54, 1.807) is 42.2 Å². The molecule has 0 unspecified atom stereocenters. The molecule has 1 amide bonds. The van der Waals surface area contributed by atoms with Gasteiger partial charge in [-0.15, -0.1) is 11.3 Å². The Morgan fingerprint density at radius 1 is 1.15 bits per heavy atom. The monoisotopic (exact) mass is 566 g/mol. The van der Waals surface area contributed by atoms with E-state index in [-0.39, 0.29) is 18.0 Å². The molecule has 5 rings (SSSR count). The smallest absolute Gasteiger partial charge is 0.326 e. The molecule has 0 saturated carbocycles. The second-order valence-electron chi connectivity index (χ2n) is 10.1. The highest BCUT2D eigenvalue weighted by molar-refractivity contribution is 7.12. The predicted molar refractivity (Wildman–Crippen MR) is 146 cm³/mol. The molecule has 1 fully saturated rings. The summed E-state index contributed by atoms with van der Waals surface area (Å²) in [5, 5.41) is 13.4. The molecular weight excluding hydrogens is 537 g/mol. The summed E-state index contributed by atoms with van der Waals surface area (Å²) in [6, 6.07) is 10.9. The number of carbonyl (C=O) groups excluding carboxylic acids is 1. The van der Waals surface area contributed by atoms with E-state index in [1.165, 1.54) is 22.2 Å². The second-order valence-corrected chi connectivity index (χ2v) is 11.2. The highest BCUT2D eigenvalue weighted by atomic mass is 32.1. The molecule has 1 saturated heterocycles. The Balaban J connectivity index is 1.49. The van der Waals surface area contributed by atoms with Gasteiger partial charge in [0.2, 0.25) is 0 Å². The molecule has 208 valence electrons. The number of fused-ring (bicyclic) bond motifs is 1. The van der Waals surface area contributed by atoms with Gasteiger partial charge in [-0.05, 0) is 42.6 Å². The van der Waals surface area contributed by atoms with Crippen molar-refractivity contribution in [2.24, 2.45) is 0 Å². The number of aryl methyl sites for hydroxylation is 1. The van der Waals surface area contributed by atoms with Crippen LogP contribution >= 0.6 is 11.3 Å². The van der Waals surface area contributed by atoms with Gasteiger partial charge in [-0.1, -0.05) is 30.2 Å². The summed E-state index contributed by atoms with van der Waals surface area (Å²) < 4.78 is 43.3. The SMILES string of the molecule is CCn1cc(-c2ccccc2[C@@H]2CN(C(=O)C#CCN3CCN(C)CC3)Cc3sc(C#N)cc32)c(C(F)(F)F)n1. The number of hydrogen-bond donors (Lipinski definition) is 0. The van der Waals surface area contributed by atoms with Gasteiger partial charge in [0.25, 0.3) is 5.91 Å². The standard InChI is InChI=1S/C29H29F3N6OS/c1-3-38-18-25(28(34-38)29(30,31)32)22-8-5-4-7-21(22)24-17-37(19-26-23(24)15-20(16-33)40-26)27(39)9-6-10-36-13-11-35(2)12-14-36/h4-5,7-8,15,18,24H,3,10-14,17,19H2,1-2H3/t24-/m0/s1. The minimum Gasteiger partial charge on any atom is -0.326 e. The molecule has 2 aliphatic rings. The molecule has 0 bridgehead atoms. The van der Waals surface area contributed by atoms with Crippen LogP contribution in [-0.2, 0) is 24.1 Å². The van der Waals surface area contributed by atoms with Gasteiger partial charge in [-0.2, -0.15) is 23.5 Å². The first-order valence-corrected chi connectivity index (χ1v) is 13.9. The fourth-order valence-electron chi connectivity index (χ4n) is 5.24. The van der Waals surface area contributed by atoms with E-state index in [0.29, 0.717) is 35.6 Å². The van der Waals surface area contributed by atoms with Crippen LogP contribution in [0.5, 0.6) is 0 Å². The third kappa shape index (κ3) is 5.78. The zero-order chi connectivity index (χ0) is 28.4. The van der Waals surface area contributed by atoms with Crippen LogP contribution in [0.4, 0.5) is 13.2 Å². The van der Waals surface area contributed by atoms with Crippen molar-refractivity contribution < 1.29 is 18.0 Å². The third-order valence-electron chi connectivity index (χ3n) is 7.43. The van der Waals surface area contributed by atoms with Crippen LogP contribution in [-0.4, -0.2) is 76.7 Å². The summed E-state index contributed by atoms with van der Waals surface area (Å²) in [7, 11) is 2.08. The van der Waals surface area contributed by atoms with Crippen LogP contribution in [0.2, 0.25) is 0 Å². The number of amides is 1. The van der Waals surface area contributed by atoms with E-state index >= 15 is 0 Å². The second kappa shape index (κ2) is 11.5. The average Bonchev–Trinajstić information content (AvgIpc) is 3.58. The Hall–Kier alpha value is -3.64. The fourth-order valence-corrected chi connectivity index (χ4v) is 6.28. The Morgan fingerprint density at radius 3 is 2.60 bits per heavy atom. The molecule has 0 N–H and O–H groups in total. The van der Waals surface area contributed by atoms with E-state index in [1.807, 2.05) is 0 Å². The van der Waals surface area contributed by atoms with Crippen LogP contribution in [0.25, 0.3) is 11.1 Å². The molecule has 0 aliphatic carbocycles. The maximum atomic E-state index is 14.0. The van der Waals surface area contributed by atoms with E-state index in [2.05, 4.69) is 39.9 Å². The van der Waals surface area contributed by atoms with Gasteiger partial charge in [-0.25, -0.2) is 0 Å². The van der Waals surface area contributed by atoms with Crippen molar-refractivity contribution in [3.05, 3.63) is 63.1 Å². The van der Waals surface area contributed by atoms with Crippen molar-refractivity contribution in [3.8, 4) is 29.0 Å². The van der Waals surface area contributed by atoms with Gasteiger partial charge in [0.05, 0.1) is 13.1 Å².